The van der Waals surface area contributed by atoms with E-state index >= 15 is 0 Å². The molecule has 0 unspecified atom stereocenters. The van der Waals surface area contributed by atoms with Gasteiger partial charge in [0.25, 0.3) is 5.91 Å². The summed E-state index contributed by atoms with van der Waals surface area (Å²) in [6.07, 6.45) is 6.45. The number of aromatic nitrogens is 2. The second kappa shape index (κ2) is 4.06. The molecule has 1 N–H and O–H groups in total. The predicted molar refractivity (Wildman–Crippen MR) is 59.9 cm³/mol. The molecule has 0 radical (unpaired) electrons. The molecule has 1 aliphatic heterocycles. The van der Waals surface area contributed by atoms with Crippen molar-refractivity contribution < 1.29 is 13.2 Å². The highest BCUT2D eigenvalue weighted by atomic mass is 32.2. The van der Waals surface area contributed by atoms with Gasteiger partial charge in [-0.15, -0.1) is 0 Å². The number of hydrogen-bond acceptors (Lipinski definition) is 6. The highest BCUT2D eigenvalue weighted by Crippen LogP contribution is 2.17. The van der Waals surface area contributed by atoms with Gasteiger partial charge in [0.1, 0.15) is 5.56 Å². The molecule has 2 heterocycles. The lowest BCUT2D eigenvalue weighted by atomic mass is 10.3. The van der Waals surface area contributed by atoms with Crippen molar-refractivity contribution in [3.05, 3.63) is 24.0 Å². The number of carbonyl (C=O) groups is 1. The maximum absolute atomic E-state index is 11.6. The van der Waals surface area contributed by atoms with Gasteiger partial charge in [0.2, 0.25) is 15.0 Å². The van der Waals surface area contributed by atoms with Crippen LogP contribution in [0.3, 0.4) is 0 Å². The molecule has 1 aliphatic rings. The van der Waals surface area contributed by atoms with Crippen molar-refractivity contribution in [2.24, 2.45) is 4.99 Å². The topological polar surface area (TPSA) is 101 Å². The lowest BCUT2D eigenvalue weighted by Gasteiger charge is -2.06. The van der Waals surface area contributed by atoms with E-state index in [-0.39, 0.29) is 16.5 Å². The lowest BCUT2D eigenvalue weighted by Crippen LogP contribution is -2.19. The molecular formula is C9H8N4O3S. The van der Waals surface area contributed by atoms with Gasteiger partial charge in [-0.3, -0.25) is 4.79 Å². The third kappa shape index (κ3) is 2.36. The van der Waals surface area contributed by atoms with Crippen LogP contribution in [0, 0.1) is 0 Å². The third-order valence-electron chi connectivity index (χ3n) is 1.92. The fourth-order valence-electron chi connectivity index (χ4n) is 1.15. The van der Waals surface area contributed by atoms with Crippen molar-refractivity contribution in [3.8, 4) is 0 Å². The molecule has 1 aromatic heterocycles. The summed E-state index contributed by atoms with van der Waals surface area (Å²) in [6, 6.07) is 0. The quantitative estimate of drug-likeness (QED) is 0.700. The summed E-state index contributed by atoms with van der Waals surface area (Å²) < 4.78 is 22.5. The van der Waals surface area contributed by atoms with Crippen LogP contribution in [-0.2, 0) is 9.84 Å². The standard InChI is InChI=1S/C9H8N4O3S/c1-17(15,16)9-12-5-6-7(13-9)10-3-2-4-11-8(6)14/h2-5H,1H3,(H,11,14). The Morgan fingerprint density at radius 1 is 1.35 bits per heavy atom. The number of nitrogens with one attached hydrogen (secondary N) is 1. The van der Waals surface area contributed by atoms with Gasteiger partial charge in [-0.05, 0) is 6.08 Å². The Balaban J connectivity index is 2.62. The average Bonchev–Trinajstić information content (AvgIpc) is 2.24. The van der Waals surface area contributed by atoms with E-state index in [1.54, 1.807) is 0 Å². The monoisotopic (exact) mass is 252 g/mol. The van der Waals surface area contributed by atoms with Crippen LogP contribution in [0.4, 0.5) is 5.82 Å². The molecule has 0 aliphatic carbocycles. The molecule has 2 rings (SSSR count). The van der Waals surface area contributed by atoms with Gasteiger partial charge in [0.05, 0.1) is 0 Å². The minimum Gasteiger partial charge on any atom is -0.328 e. The van der Waals surface area contributed by atoms with E-state index in [4.69, 9.17) is 0 Å². The molecule has 17 heavy (non-hydrogen) atoms. The molecule has 0 bridgehead atoms. The number of allylic oxidation sites excluding steroid dienone is 1. The van der Waals surface area contributed by atoms with Crippen LogP contribution < -0.4 is 5.32 Å². The Labute approximate surface area is 97.2 Å². The van der Waals surface area contributed by atoms with Gasteiger partial charge >= 0.3 is 0 Å². The van der Waals surface area contributed by atoms with E-state index in [0.717, 1.165) is 12.5 Å². The normalized spacial score (nSPS) is 14.8. The van der Waals surface area contributed by atoms with Crippen LogP contribution in [0.15, 0.2) is 28.6 Å². The highest BCUT2D eigenvalue weighted by Gasteiger charge is 2.18. The number of carbonyl (C=O) groups excluding carboxylic acids is 1. The van der Waals surface area contributed by atoms with Gasteiger partial charge in [-0.1, -0.05) is 0 Å². The van der Waals surface area contributed by atoms with Crippen molar-refractivity contribution in [1.82, 2.24) is 15.3 Å². The number of aliphatic imine (C=N–C) groups is 1. The molecule has 0 saturated heterocycles. The number of rotatable bonds is 1. The fraction of sp³-hybridized carbons (Fsp3) is 0.111. The molecule has 0 fully saturated rings. The van der Waals surface area contributed by atoms with Crippen molar-refractivity contribution in [2.45, 2.75) is 5.16 Å². The van der Waals surface area contributed by atoms with Crippen LogP contribution in [0.5, 0.6) is 0 Å². The maximum atomic E-state index is 11.6. The van der Waals surface area contributed by atoms with Crippen LogP contribution >= 0.6 is 0 Å². The smallest absolute Gasteiger partial charge is 0.260 e. The number of sulfone groups is 1. The Morgan fingerprint density at radius 3 is 2.82 bits per heavy atom. The summed E-state index contributed by atoms with van der Waals surface area (Å²) >= 11 is 0. The van der Waals surface area contributed by atoms with Crippen molar-refractivity contribution in [2.75, 3.05) is 6.26 Å². The molecule has 0 spiro atoms. The Kier molecular flexibility index (Phi) is 2.72. The summed E-state index contributed by atoms with van der Waals surface area (Å²) in [5.74, 6) is -0.407. The molecule has 8 heteroatoms. The number of fused-ring (bicyclic) bond motifs is 1. The molecule has 88 valence electrons. The van der Waals surface area contributed by atoms with Crippen LogP contribution in [-0.4, -0.2) is 36.8 Å². The first-order valence-corrected chi connectivity index (χ1v) is 6.45. The zero-order chi connectivity index (χ0) is 12.5. The summed E-state index contributed by atoms with van der Waals surface area (Å²) in [5.41, 5.74) is 0.123. The summed E-state index contributed by atoms with van der Waals surface area (Å²) in [6.45, 7) is 0. The van der Waals surface area contributed by atoms with Crippen LogP contribution in [0.1, 0.15) is 10.4 Å². The summed E-state index contributed by atoms with van der Waals surface area (Å²) in [5, 5.41) is 2.10. The maximum Gasteiger partial charge on any atom is 0.260 e. The molecular weight excluding hydrogens is 244 g/mol. The van der Waals surface area contributed by atoms with Gasteiger partial charge in [-0.25, -0.2) is 18.4 Å². The Hall–Kier alpha value is -2.09. The fourth-order valence-corrected chi connectivity index (χ4v) is 1.65. The Bertz CT molecular complexity index is 634. The van der Waals surface area contributed by atoms with Crippen LogP contribution in [0.25, 0.3) is 0 Å². The van der Waals surface area contributed by atoms with E-state index in [2.05, 4.69) is 20.3 Å². The second-order valence-corrected chi connectivity index (χ2v) is 5.18. The molecule has 1 aromatic rings. The Morgan fingerprint density at radius 2 is 2.12 bits per heavy atom. The van der Waals surface area contributed by atoms with Gasteiger partial charge in [0.15, 0.2) is 5.82 Å². The summed E-state index contributed by atoms with van der Waals surface area (Å²) in [7, 11) is -3.52. The molecule has 7 nitrogen and oxygen atoms in total. The minimum absolute atomic E-state index is 0.0299. The molecule has 0 aromatic carbocycles. The predicted octanol–water partition coefficient (Wildman–Crippen LogP) is -0.161. The zero-order valence-corrected chi connectivity index (χ0v) is 9.60. The van der Waals surface area contributed by atoms with Gasteiger partial charge < -0.3 is 5.32 Å². The van der Waals surface area contributed by atoms with Crippen LogP contribution in [0.2, 0.25) is 0 Å². The number of hydrogen-bond donors (Lipinski definition) is 1. The van der Waals surface area contributed by atoms with E-state index in [1.807, 2.05) is 0 Å². The molecule has 1 amide bonds. The van der Waals surface area contributed by atoms with Crippen molar-refractivity contribution in [3.63, 3.8) is 0 Å². The highest BCUT2D eigenvalue weighted by molar-refractivity contribution is 7.90. The average molecular weight is 252 g/mol. The number of nitrogens with zero attached hydrogens (tertiary/aromatic N) is 3. The SMILES string of the molecule is CS(=O)(=O)c1ncc2c(n1)N=CC=CNC2=O. The minimum atomic E-state index is -3.52. The van der Waals surface area contributed by atoms with Gasteiger partial charge in [-0.2, -0.15) is 4.98 Å². The zero-order valence-electron chi connectivity index (χ0n) is 8.78. The van der Waals surface area contributed by atoms with E-state index in [9.17, 15) is 13.2 Å². The summed E-state index contributed by atoms with van der Waals surface area (Å²) in [4.78, 5) is 22.8. The largest absolute Gasteiger partial charge is 0.328 e. The van der Waals surface area contributed by atoms with E-state index in [1.165, 1.54) is 18.5 Å². The lowest BCUT2D eigenvalue weighted by molar-refractivity contribution is 0.0970. The van der Waals surface area contributed by atoms with Crippen molar-refractivity contribution >= 4 is 27.8 Å². The molecule has 0 saturated carbocycles. The first-order valence-electron chi connectivity index (χ1n) is 4.55. The van der Waals surface area contributed by atoms with E-state index in [0.29, 0.717) is 0 Å². The second-order valence-electron chi connectivity index (χ2n) is 3.27. The van der Waals surface area contributed by atoms with Gasteiger partial charge in [0, 0.05) is 24.9 Å². The third-order valence-corrected chi connectivity index (χ3v) is 2.78. The van der Waals surface area contributed by atoms with E-state index < -0.39 is 15.7 Å². The van der Waals surface area contributed by atoms with Crippen molar-refractivity contribution in [1.29, 1.82) is 0 Å². The molecule has 0 atom stereocenters. The number of amides is 1. The first kappa shape index (κ1) is 11.4. The first-order chi connectivity index (χ1) is 7.98.